The maximum absolute atomic E-state index is 4.89. The van der Waals surface area contributed by atoms with Crippen LogP contribution >= 0.6 is 27.3 Å². The minimum absolute atomic E-state index is 0.197. The summed E-state index contributed by atoms with van der Waals surface area (Å²) in [6.45, 7) is 0. The Morgan fingerprint density at radius 2 is 2.20 bits per heavy atom. The van der Waals surface area contributed by atoms with Crippen LogP contribution in [0, 0.1) is 0 Å². The SMILES string of the molecule is Brc1cncc(C(NC2CC2)c2nc3c(s2)CCC3)c1. The molecule has 2 aromatic heterocycles. The van der Waals surface area contributed by atoms with E-state index in [-0.39, 0.29) is 6.04 Å². The smallest absolute Gasteiger partial charge is 0.115 e. The molecule has 2 aliphatic rings. The van der Waals surface area contributed by atoms with E-state index in [1.165, 1.54) is 46.8 Å². The van der Waals surface area contributed by atoms with E-state index in [4.69, 9.17) is 4.98 Å². The molecule has 0 saturated heterocycles. The van der Waals surface area contributed by atoms with E-state index in [0.29, 0.717) is 6.04 Å². The monoisotopic (exact) mass is 349 g/mol. The van der Waals surface area contributed by atoms with Crippen molar-refractivity contribution in [3.8, 4) is 0 Å². The second-order valence-electron chi connectivity index (χ2n) is 5.59. The van der Waals surface area contributed by atoms with E-state index < -0.39 is 0 Å². The number of thiazole rings is 1. The molecule has 104 valence electrons. The first-order chi connectivity index (χ1) is 9.79. The standard InChI is InChI=1S/C15H16BrN3S/c16-10-6-9(7-17-8-10)14(18-11-4-5-11)15-19-12-2-1-3-13(12)20-15/h6-8,11,14,18H,1-5H2. The Morgan fingerprint density at radius 3 is 2.95 bits per heavy atom. The van der Waals surface area contributed by atoms with Crippen LogP contribution < -0.4 is 5.32 Å². The summed E-state index contributed by atoms with van der Waals surface area (Å²) in [4.78, 5) is 10.7. The number of pyridine rings is 1. The summed E-state index contributed by atoms with van der Waals surface area (Å²) in [5, 5.41) is 4.94. The Hall–Kier alpha value is -0.780. The molecular weight excluding hydrogens is 334 g/mol. The van der Waals surface area contributed by atoms with Crippen molar-refractivity contribution in [1.82, 2.24) is 15.3 Å². The molecule has 0 amide bonds. The van der Waals surface area contributed by atoms with Gasteiger partial charge in [-0.3, -0.25) is 4.98 Å². The van der Waals surface area contributed by atoms with E-state index in [9.17, 15) is 0 Å². The van der Waals surface area contributed by atoms with E-state index in [1.807, 2.05) is 23.7 Å². The highest BCUT2D eigenvalue weighted by Gasteiger charge is 2.29. The first-order valence-corrected chi connectivity index (χ1v) is 8.75. The first kappa shape index (κ1) is 12.9. The highest BCUT2D eigenvalue weighted by Crippen LogP contribution is 2.35. The number of rotatable bonds is 4. The van der Waals surface area contributed by atoms with Crippen molar-refractivity contribution in [2.24, 2.45) is 0 Å². The largest absolute Gasteiger partial charge is 0.301 e. The fourth-order valence-electron chi connectivity index (χ4n) is 2.72. The van der Waals surface area contributed by atoms with Gasteiger partial charge in [0.05, 0.1) is 11.7 Å². The van der Waals surface area contributed by atoms with Crippen LogP contribution in [0.4, 0.5) is 0 Å². The molecule has 5 heteroatoms. The van der Waals surface area contributed by atoms with Crippen LogP contribution in [0.3, 0.4) is 0 Å². The quantitative estimate of drug-likeness (QED) is 0.915. The highest BCUT2D eigenvalue weighted by atomic mass is 79.9. The number of halogens is 1. The van der Waals surface area contributed by atoms with Gasteiger partial charge in [0.2, 0.25) is 0 Å². The maximum Gasteiger partial charge on any atom is 0.115 e. The molecule has 4 rings (SSSR count). The Labute approximate surface area is 131 Å². The van der Waals surface area contributed by atoms with Crippen molar-refractivity contribution in [2.45, 2.75) is 44.2 Å². The van der Waals surface area contributed by atoms with Crippen molar-refractivity contribution >= 4 is 27.3 Å². The summed E-state index contributed by atoms with van der Waals surface area (Å²) in [6.07, 6.45) is 9.98. The second kappa shape index (κ2) is 5.20. The van der Waals surface area contributed by atoms with Gasteiger partial charge in [-0.05, 0) is 59.7 Å². The van der Waals surface area contributed by atoms with Crippen molar-refractivity contribution in [1.29, 1.82) is 0 Å². The number of nitrogens with zero attached hydrogens (tertiary/aromatic N) is 2. The summed E-state index contributed by atoms with van der Waals surface area (Å²) in [6, 6.07) is 3.00. The summed E-state index contributed by atoms with van der Waals surface area (Å²) >= 11 is 5.41. The van der Waals surface area contributed by atoms with Crippen molar-refractivity contribution in [3.63, 3.8) is 0 Å². The Bertz CT molecular complexity index is 614. The van der Waals surface area contributed by atoms with Crippen molar-refractivity contribution < 1.29 is 0 Å². The maximum atomic E-state index is 4.89. The van der Waals surface area contributed by atoms with Crippen LogP contribution in [0.2, 0.25) is 0 Å². The summed E-state index contributed by atoms with van der Waals surface area (Å²) in [7, 11) is 0. The number of fused-ring (bicyclic) bond motifs is 1. The molecule has 0 aliphatic heterocycles. The third-order valence-corrected chi connectivity index (χ3v) is 5.55. The van der Waals surface area contributed by atoms with Gasteiger partial charge in [0, 0.05) is 27.8 Å². The molecule has 1 N–H and O–H groups in total. The van der Waals surface area contributed by atoms with Crippen LogP contribution in [-0.2, 0) is 12.8 Å². The van der Waals surface area contributed by atoms with Gasteiger partial charge in [0.1, 0.15) is 5.01 Å². The fourth-order valence-corrected chi connectivity index (χ4v) is 4.34. The molecule has 1 saturated carbocycles. The molecular formula is C15H16BrN3S. The zero-order valence-electron chi connectivity index (χ0n) is 11.1. The molecule has 0 bridgehead atoms. The molecule has 0 aromatic carbocycles. The first-order valence-electron chi connectivity index (χ1n) is 7.14. The normalized spacial score (nSPS) is 19.1. The minimum atomic E-state index is 0.197. The predicted molar refractivity (Wildman–Crippen MR) is 84.1 cm³/mol. The summed E-state index contributed by atoms with van der Waals surface area (Å²) in [5.41, 5.74) is 2.54. The van der Waals surface area contributed by atoms with Crippen molar-refractivity contribution in [3.05, 3.63) is 44.1 Å². The van der Waals surface area contributed by atoms with Gasteiger partial charge in [0.25, 0.3) is 0 Å². The van der Waals surface area contributed by atoms with Gasteiger partial charge in [-0.25, -0.2) is 4.98 Å². The molecule has 1 fully saturated rings. The van der Waals surface area contributed by atoms with E-state index >= 15 is 0 Å². The zero-order chi connectivity index (χ0) is 13.5. The van der Waals surface area contributed by atoms with E-state index in [1.54, 1.807) is 0 Å². The van der Waals surface area contributed by atoms with Gasteiger partial charge < -0.3 is 5.32 Å². The summed E-state index contributed by atoms with van der Waals surface area (Å²) < 4.78 is 1.03. The fraction of sp³-hybridized carbons (Fsp3) is 0.467. The molecule has 0 spiro atoms. The van der Waals surface area contributed by atoms with Crippen LogP contribution in [0.1, 0.15) is 46.4 Å². The lowest BCUT2D eigenvalue weighted by Gasteiger charge is -2.16. The van der Waals surface area contributed by atoms with Gasteiger partial charge in [-0.2, -0.15) is 0 Å². The Balaban J connectivity index is 1.70. The predicted octanol–water partition coefficient (Wildman–Crippen LogP) is 3.63. The second-order valence-corrected chi connectivity index (χ2v) is 7.62. The topological polar surface area (TPSA) is 37.8 Å². The molecule has 0 radical (unpaired) electrons. The number of aromatic nitrogens is 2. The molecule has 2 aliphatic carbocycles. The van der Waals surface area contributed by atoms with Gasteiger partial charge in [-0.1, -0.05) is 0 Å². The third-order valence-electron chi connectivity index (χ3n) is 3.90. The third kappa shape index (κ3) is 2.54. The lowest BCUT2D eigenvalue weighted by molar-refractivity contribution is 0.594. The molecule has 1 unspecified atom stereocenters. The van der Waals surface area contributed by atoms with Crippen LogP contribution in [0.5, 0.6) is 0 Å². The van der Waals surface area contributed by atoms with Gasteiger partial charge in [0.15, 0.2) is 0 Å². The average Bonchev–Trinajstić information content (AvgIpc) is 3.00. The van der Waals surface area contributed by atoms with Crippen LogP contribution in [-0.4, -0.2) is 16.0 Å². The van der Waals surface area contributed by atoms with E-state index in [0.717, 1.165) is 10.9 Å². The number of nitrogens with one attached hydrogen (secondary N) is 1. The number of hydrogen-bond acceptors (Lipinski definition) is 4. The van der Waals surface area contributed by atoms with Crippen molar-refractivity contribution in [2.75, 3.05) is 0 Å². The molecule has 1 atom stereocenters. The number of hydrogen-bond donors (Lipinski definition) is 1. The van der Waals surface area contributed by atoms with E-state index in [2.05, 4.69) is 32.3 Å². The lowest BCUT2D eigenvalue weighted by atomic mass is 10.1. The lowest BCUT2D eigenvalue weighted by Crippen LogP contribution is -2.24. The summed E-state index contributed by atoms with van der Waals surface area (Å²) in [5.74, 6) is 0. The molecule has 3 nitrogen and oxygen atoms in total. The van der Waals surface area contributed by atoms with Crippen LogP contribution in [0.15, 0.2) is 22.9 Å². The minimum Gasteiger partial charge on any atom is -0.301 e. The number of aryl methyl sites for hydroxylation is 2. The zero-order valence-corrected chi connectivity index (χ0v) is 13.5. The van der Waals surface area contributed by atoms with Gasteiger partial charge >= 0.3 is 0 Å². The Morgan fingerprint density at radius 1 is 1.30 bits per heavy atom. The van der Waals surface area contributed by atoms with Crippen LogP contribution in [0.25, 0.3) is 0 Å². The Kier molecular flexibility index (Phi) is 3.36. The average molecular weight is 350 g/mol. The van der Waals surface area contributed by atoms with Gasteiger partial charge in [-0.15, -0.1) is 11.3 Å². The molecule has 2 heterocycles. The highest BCUT2D eigenvalue weighted by molar-refractivity contribution is 9.10. The molecule has 2 aromatic rings. The molecule has 20 heavy (non-hydrogen) atoms.